The normalized spacial score (nSPS) is 14.0. The van der Waals surface area contributed by atoms with Crippen LogP contribution >= 0.6 is 0 Å². The lowest BCUT2D eigenvalue weighted by Gasteiger charge is -2.30. The highest BCUT2D eigenvalue weighted by molar-refractivity contribution is 6.08. The van der Waals surface area contributed by atoms with Crippen molar-refractivity contribution < 1.29 is 9.59 Å². The first kappa shape index (κ1) is 19.8. The number of carbonyl (C=O) groups excluding carboxylic acids is 2. The van der Waals surface area contributed by atoms with E-state index in [4.69, 9.17) is 5.73 Å². The van der Waals surface area contributed by atoms with Crippen LogP contribution in [-0.2, 0) is 0 Å². The Balaban J connectivity index is 1.67. The van der Waals surface area contributed by atoms with Gasteiger partial charge in [-0.15, -0.1) is 0 Å². The predicted octanol–water partition coefficient (Wildman–Crippen LogP) is 3.59. The molecule has 30 heavy (non-hydrogen) atoms. The molecule has 7 nitrogen and oxygen atoms in total. The van der Waals surface area contributed by atoms with Gasteiger partial charge in [0.2, 0.25) is 5.91 Å². The zero-order chi connectivity index (χ0) is 21.3. The lowest BCUT2D eigenvalue weighted by atomic mass is 10.1. The van der Waals surface area contributed by atoms with Gasteiger partial charge >= 0.3 is 0 Å². The van der Waals surface area contributed by atoms with Crippen molar-refractivity contribution >= 4 is 34.2 Å². The number of hydrogen-bond acceptors (Lipinski definition) is 5. The second kappa shape index (κ2) is 8.10. The highest BCUT2D eigenvalue weighted by atomic mass is 16.2. The van der Waals surface area contributed by atoms with E-state index in [1.165, 1.54) is 6.42 Å². The number of benzene rings is 2. The number of carbonyl (C=O) groups is 2. The predicted molar refractivity (Wildman–Crippen MR) is 118 cm³/mol. The van der Waals surface area contributed by atoms with Gasteiger partial charge in [0.15, 0.2) is 0 Å². The Bertz CT molecular complexity index is 1140. The molecule has 0 aliphatic carbocycles. The number of nitrogens with two attached hydrogens (primary N) is 1. The van der Waals surface area contributed by atoms with Crippen molar-refractivity contribution in [2.45, 2.75) is 33.1 Å². The topological polar surface area (TPSA) is 101 Å². The Labute approximate surface area is 175 Å². The van der Waals surface area contributed by atoms with Crippen molar-refractivity contribution in [2.24, 2.45) is 5.73 Å². The van der Waals surface area contributed by atoms with Gasteiger partial charge < -0.3 is 16.0 Å². The van der Waals surface area contributed by atoms with E-state index < -0.39 is 5.91 Å². The molecule has 0 radical (unpaired) electrons. The van der Waals surface area contributed by atoms with E-state index in [1.807, 2.05) is 19.9 Å². The largest absolute Gasteiger partial charge is 0.370 e. The van der Waals surface area contributed by atoms with E-state index in [1.54, 1.807) is 30.3 Å². The highest BCUT2D eigenvalue weighted by Gasteiger charge is 2.18. The number of nitrogens with one attached hydrogen (secondary N) is 1. The maximum atomic E-state index is 13.0. The van der Waals surface area contributed by atoms with Gasteiger partial charge in [0.25, 0.3) is 5.91 Å². The van der Waals surface area contributed by atoms with E-state index in [2.05, 4.69) is 20.2 Å². The standard InChI is InChI=1S/C23H25N5O2/c1-14-15(2)26-19-13-17(6-8-18(19)25-14)23(30)27-20-12-16(22(24)29)7-9-21(20)28-10-4-3-5-11-28/h6-9,12-13H,3-5,10-11H2,1-2H3,(H2,24,29)(H,27,30). The van der Waals surface area contributed by atoms with Crippen LogP contribution < -0.4 is 16.0 Å². The van der Waals surface area contributed by atoms with Crippen molar-refractivity contribution in [1.82, 2.24) is 9.97 Å². The Kier molecular flexibility index (Phi) is 5.35. The molecule has 1 aromatic heterocycles. The third-order valence-corrected chi connectivity index (χ3v) is 5.56. The van der Waals surface area contributed by atoms with Crippen molar-refractivity contribution in [2.75, 3.05) is 23.3 Å². The summed E-state index contributed by atoms with van der Waals surface area (Å²) in [6.45, 7) is 5.65. The van der Waals surface area contributed by atoms with E-state index in [0.717, 1.165) is 48.5 Å². The van der Waals surface area contributed by atoms with Crippen molar-refractivity contribution in [3.05, 3.63) is 58.9 Å². The summed E-state index contributed by atoms with van der Waals surface area (Å²) >= 11 is 0. The first-order valence-corrected chi connectivity index (χ1v) is 10.2. The molecule has 1 saturated heterocycles. The van der Waals surface area contributed by atoms with Crippen LogP contribution in [0.25, 0.3) is 11.0 Å². The van der Waals surface area contributed by atoms with E-state index in [0.29, 0.717) is 22.3 Å². The van der Waals surface area contributed by atoms with E-state index in [-0.39, 0.29) is 5.91 Å². The molecule has 0 unspecified atom stereocenters. The van der Waals surface area contributed by atoms with Crippen LogP contribution in [0.2, 0.25) is 0 Å². The molecule has 2 heterocycles. The van der Waals surface area contributed by atoms with Gasteiger partial charge in [-0.3, -0.25) is 9.59 Å². The molecule has 3 aromatic rings. The molecule has 4 rings (SSSR count). The second-order valence-corrected chi connectivity index (χ2v) is 7.70. The van der Waals surface area contributed by atoms with E-state index >= 15 is 0 Å². The number of aromatic nitrogens is 2. The summed E-state index contributed by atoms with van der Waals surface area (Å²) in [7, 11) is 0. The fourth-order valence-electron chi connectivity index (χ4n) is 3.77. The summed E-state index contributed by atoms with van der Waals surface area (Å²) < 4.78 is 0. The minimum atomic E-state index is -0.525. The molecule has 2 amide bonds. The molecule has 0 bridgehead atoms. The summed E-state index contributed by atoms with van der Waals surface area (Å²) in [4.78, 5) is 36.0. The monoisotopic (exact) mass is 403 g/mol. The Hall–Kier alpha value is -3.48. The number of fused-ring (bicyclic) bond motifs is 1. The summed E-state index contributed by atoms with van der Waals surface area (Å²) in [5.41, 5.74) is 10.9. The fraction of sp³-hybridized carbons (Fsp3) is 0.304. The number of primary amides is 1. The van der Waals surface area contributed by atoms with E-state index in [9.17, 15) is 9.59 Å². The molecule has 2 aromatic carbocycles. The highest BCUT2D eigenvalue weighted by Crippen LogP contribution is 2.30. The van der Waals surface area contributed by atoms with Crippen LogP contribution in [0.1, 0.15) is 51.4 Å². The number of nitrogens with zero attached hydrogens (tertiary/aromatic N) is 3. The summed E-state index contributed by atoms with van der Waals surface area (Å²) in [5.74, 6) is -0.792. The molecule has 1 aliphatic rings. The summed E-state index contributed by atoms with van der Waals surface area (Å²) in [6, 6.07) is 10.5. The van der Waals surface area contributed by atoms with Crippen molar-refractivity contribution in [1.29, 1.82) is 0 Å². The fourth-order valence-corrected chi connectivity index (χ4v) is 3.77. The van der Waals surface area contributed by atoms with Gasteiger partial charge in [-0.05, 0) is 69.5 Å². The third-order valence-electron chi connectivity index (χ3n) is 5.56. The Morgan fingerprint density at radius 3 is 2.27 bits per heavy atom. The number of anilines is 2. The van der Waals surface area contributed by atoms with Crippen LogP contribution in [0.3, 0.4) is 0 Å². The molecule has 0 atom stereocenters. The maximum Gasteiger partial charge on any atom is 0.255 e. The van der Waals surface area contributed by atoms with Gasteiger partial charge in [-0.1, -0.05) is 0 Å². The first-order valence-electron chi connectivity index (χ1n) is 10.2. The third kappa shape index (κ3) is 3.96. The number of aryl methyl sites for hydroxylation is 2. The lowest BCUT2D eigenvalue weighted by molar-refractivity contribution is 0.0996. The molecule has 3 N–H and O–H groups in total. The quantitative estimate of drug-likeness (QED) is 0.693. The molecule has 0 spiro atoms. The zero-order valence-corrected chi connectivity index (χ0v) is 17.2. The van der Waals surface area contributed by atoms with Gasteiger partial charge in [-0.25, -0.2) is 9.97 Å². The van der Waals surface area contributed by atoms with Gasteiger partial charge in [0.1, 0.15) is 0 Å². The number of rotatable bonds is 4. The average molecular weight is 403 g/mol. The van der Waals surface area contributed by atoms with Crippen LogP contribution in [0, 0.1) is 13.8 Å². The molecule has 0 saturated carbocycles. The summed E-state index contributed by atoms with van der Waals surface area (Å²) in [5, 5.41) is 2.97. The molecule has 1 aliphatic heterocycles. The average Bonchev–Trinajstić information content (AvgIpc) is 2.74. The van der Waals surface area contributed by atoms with Crippen LogP contribution in [0.4, 0.5) is 11.4 Å². The van der Waals surface area contributed by atoms with Crippen molar-refractivity contribution in [3.63, 3.8) is 0 Å². The van der Waals surface area contributed by atoms with Gasteiger partial charge in [0, 0.05) is 24.2 Å². The number of hydrogen-bond donors (Lipinski definition) is 2. The lowest BCUT2D eigenvalue weighted by Crippen LogP contribution is -2.30. The van der Waals surface area contributed by atoms with Crippen molar-refractivity contribution in [3.8, 4) is 0 Å². The second-order valence-electron chi connectivity index (χ2n) is 7.70. The van der Waals surface area contributed by atoms with Crippen LogP contribution in [-0.4, -0.2) is 34.9 Å². The molecule has 1 fully saturated rings. The van der Waals surface area contributed by atoms with Crippen LogP contribution in [0.15, 0.2) is 36.4 Å². The van der Waals surface area contributed by atoms with Gasteiger partial charge in [0.05, 0.1) is 33.8 Å². The number of amides is 2. The minimum absolute atomic E-state index is 0.267. The molecular formula is C23H25N5O2. The minimum Gasteiger partial charge on any atom is -0.370 e. The molecule has 154 valence electrons. The maximum absolute atomic E-state index is 13.0. The Morgan fingerprint density at radius 2 is 1.57 bits per heavy atom. The number of piperidine rings is 1. The van der Waals surface area contributed by atoms with Crippen LogP contribution in [0.5, 0.6) is 0 Å². The summed E-state index contributed by atoms with van der Waals surface area (Å²) in [6.07, 6.45) is 3.41. The smallest absolute Gasteiger partial charge is 0.255 e. The SMILES string of the molecule is Cc1nc2ccc(C(=O)Nc3cc(C(N)=O)ccc3N3CCCCC3)cc2nc1C. The zero-order valence-electron chi connectivity index (χ0n) is 17.2. The van der Waals surface area contributed by atoms with Gasteiger partial charge in [-0.2, -0.15) is 0 Å². The molecule has 7 heteroatoms. The Morgan fingerprint density at radius 1 is 0.900 bits per heavy atom. The molecular weight excluding hydrogens is 378 g/mol. The first-order chi connectivity index (χ1) is 14.4.